The van der Waals surface area contributed by atoms with Gasteiger partial charge in [0.2, 0.25) is 0 Å². The van der Waals surface area contributed by atoms with Gasteiger partial charge in [0.25, 0.3) is 5.91 Å². The Morgan fingerprint density at radius 3 is 2.52 bits per heavy atom. The molecule has 136 valence electrons. The van der Waals surface area contributed by atoms with Crippen LogP contribution >= 0.6 is 0 Å². The maximum Gasteiger partial charge on any atom is 0.417 e. The second-order valence-electron chi connectivity index (χ2n) is 7.34. The van der Waals surface area contributed by atoms with Crippen molar-refractivity contribution in [3.63, 3.8) is 0 Å². The number of benzene rings is 1. The van der Waals surface area contributed by atoms with E-state index in [9.17, 15) is 22.8 Å². The fraction of sp³-hybridized carbons (Fsp3) is 0.529. The van der Waals surface area contributed by atoms with Crippen LogP contribution in [0.1, 0.15) is 48.2 Å². The Morgan fingerprint density at radius 1 is 1.24 bits per heavy atom. The van der Waals surface area contributed by atoms with Gasteiger partial charge in [-0.1, -0.05) is 12.1 Å². The highest BCUT2D eigenvalue weighted by Gasteiger charge is 2.46. The minimum absolute atomic E-state index is 0.203. The molecule has 5 nitrogen and oxygen atoms in total. The van der Waals surface area contributed by atoms with E-state index in [1.165, 1.54) is 17.0 Å². The molecular weight excluding hydrogens is 337 g/mol. The third-order valence-electron chi connectivity index (χ3n) is 4.32. The van der Waals surface area contributed by atoms with Crippen molar-refractivity contribution in [1.29, 1.82) is 0 Å². The SMILES string of the molecule is CC(C)(C)OC(=O)N1C[C@@H]2c3cccc(C(F)(F)F)c3C(=O)N[C@@H]2C1. The van der Waals surface area contributed by atoms with Crippen LogP contribution in [0.25, 0.3) is 0 Å². The summed E-state index contributed by atoms with van der Waals surface area (Å²) in [7, 11) is 0. The number of rotatable bonds is 0. The molecule has 2 aliphatic rings. The van der Waals surface area contributed by atoms with Gasteiger partial charge in [-0.3, -0.25) is 4.79 Å². The summed E-state index contributed by atoms with van der Waals surface area (Å²) in [5, 5.41) is 2.61. The predicted molar refractivity (Wildman–Crippen MR) is 83.2 cm³/mol. The van der Waals surface area contributed by atoms with E-state index in [1.54, 1.807) is 20.8 Å². The second-order valence-corrected chi connectivity index (χ2v) is 7.34. The fourth-order valence-electron chi connectivity index (χ4n) is 3.35. The monoisotopic (exact) mass is 356 g/mol. The zero-order valence-electron chi connectivity index (χ0n) is 14.1. The lowest BCUT2D eigenvalue weighted by Crippen LogP contribution is -2.45. The lowest BCUT2D eigenvalue weighted by atomic mass is 9.84. The smallest absolute Gasteiger partial charge is 0.417 e. The van der Waals surface area contributed by atoms with Crippen LogP contribution < -0.4 is 5.32 Å². The van der Waals surface area contributed by atoms with Crippen LogP contribution in [0.5, 0.6) is 0 Å². The van der Waals surface area contributed by atoms with Crippen molar-refractivity contribution in [3.8, 4) is 0 Å². The van der Waals surface area contributed by atoms with E-state index in [1.807, 2.05) is 0 Å². The number of carbonyl (C=O) groups excluding carboxylic acids is 2. The average molecular weight is 356 g/mol. The van der Waals surface area contributed by atoms with Crippen LogP contribution in [0.3, 0.4) is 0 Å². The van der Waals surface area contributed by atoms with Crippen LogP contribution in [-0.2, 0) is 10.9 Å². The highest BCUT2D eigenvalue weighted by molar-refractivity contribution is 5.99. The first-order chi connectivity index (χ1) is 11.5. The van der Waals surface area contributed by atoms with Gasteiger partial charge in [0.15, 0.2) is 0 Å². The molecule has 2 amide bonds. The number of likely N-dealkylation sites (tertiary alicyclic amines) is 1. The van der Waals surface area contributed by atoms with Crippen molar-refractivity contribution in [3.05, 3.63) is 34.9 Å². The van der Waals surface area contributed by atoms with Crippen LogP contribution in [0, 0.1) is 0 Å². The summed E-state index contributed by atoms with van der Waals surface area (Å²) in [6.45, 7) is 5.62. The molecule has 1 saturated heterocycles. The van der Waals surface area contributed by atoms with Gasteiger partial charge in [-0.15, -0.1) is 0 Å². The van der Waals surface area contributed by atoms with E-state index in [2.05, 4.69) is 5.32 Å². The van der Waals surface area contributed by atoms with Crippen molar-refractivity contribution < 1.29 is 27.5 Å². The third-order valence-corrected chi connectivity index (χ3v) is 4.32. The summed E-state index contributed by atoms with van der Waals surface area (Å²) in [4.78, 5) is 25.9. The summed E-state index contributed by atoms with van der Waals surface area (Å²) in [5.41, 5.74) is -1.64. The Labute approximate surface area is 143 Å². The van der Waals surface area contributed by atoms with E-state index < -0.39 is 35.4 Å². The van der Waals surface area contributed by atoms with Crippen LogP contribution in [0.4, 0.5) is 18.0 Å². The number of fused-ring (bicyclic) bond motifs is 3. The van der Waals surface area contributed by atoms with Gasteiger partial charge < -0.3 is 15.0 Å². The minimum Gasteiger partial charge on any atom is -0.444 e. The molecule has 2 atom stereocenters. The zero-order valence-corrected chi connectivity index (χ0v) is 14.1. The average Bonchev–Trinajstić information content (AvgIpc) is 2.88. The van der Waals surface area contributed by atoms with Gasteiger partial charge in [-0.05, 0) is 32.4 Å². The summed E-state index contributed by atoms with van der Waals surface area (Å²) < 4.78 is 45.0. The highest BCUT2D eigenvalue weighted by Crippen LogP contribution is 2.40. The number of amides is 2. The van der Waals surface area contributed by atoms with Crippen molar-refractivity contribution in [2.45, 2.75) is 44.5 Å². The molecule has 3 rings (SSSR count). The topological polar surface area (TPSA) is 58.6 Å². The molecule has 0 aromatic heterocycles. The molecule has 0 aliphatic carbocycles. The van der Waals surface area contributed by atoms with E-state index in [4.69, 9.17) is 4.74 Å². The number of hydrogen-bond acceptors (Lipinski definition) is 3. The van der Waals surface area contributed by atoms with E-state index in [0.29, 0.717) is 5.56 Å². The first-order valence-electron chi connectivity index (χ1n) is 7.96. The van der Waals surface area contributed by atoms with Gasteiger partial charge >= 0.3 is 12.3 Å². The van der Waals surface area contributed by atoms with Crippen LogP contribution in [0.15, 0.2) is 18.2 Å². The molecule has 0 spiro atoms. The van der Waals surface area contributed by atoms with Gasteiger partial charge in [0.05, 0.1) is 17.2 Å². The molecule has 0 unspecified atom stereocenters. The number of halogens is 3. The van der Waals surface area contributed by atoms with Gasteiger partial charge in [-0.25, -0.2) is 4.79 Å². The molecular formula is C17H19F3N2O3. The molecule has 1 N–H and O–H groups in total. The van der Waals surface area contributed by atoms with Gasteiger partial charge in [0, 0.05) is 19.0 Å². The first kappa shape index (κ1) is 17.6. The van der Waals surface area contributed by atoms with Crippen LogP contribution in [0.2, 0.25) is 0 Å². The zero-order chi connectivity index (χ0) is 18.6. The first-order valence-corrected chi connectivity index (χ1v) is 7.96. The number of nitrogens with zero attached hydrogens (tertiary/aromatic N) is 1. The number of nitrogens with one attached hydrogen (secondary N) is 1. The number of carbonyl (C=O) groups is 2. The highest BCUT2D eigenvalue weighted by atomic mass is 19.4. The van der Waals surface area contributed by atoms with E-state index in [-0.39, 0.29) is 24.6 Å². The third kappa shape index (κ3) is 3.29. The van der Waals surface area contributed by atoms with Gasteiger partial charge in [0.1, 0.15) is 5.60 Å². The van der Waals surface area contributed by atoms with Gasteiger partial charge in [-0.2, -0.15) is 13.2 Å². The summed E-state index contributed by atoms with van der Waals surface area (Å²) in [5.74, 6) is -1.14. The minimum atomic E-state index is -4.61. The molecule has 0 radical (unpaired) electrons. The maximum absolute atomic E-state index is 13.2. The van der Waals surface area contributed by atoms with E-state index in [0.717, 1.165) is 6.07 Å². The van der Waals surface area contributed by atoms with Crippen LogP contribution in [-0.4, -0.2) is 41.6 Å². The summed E-state index contributed by atoms with van der Waals surface area (Å²) >= 11 is 0. The number of hydrogen-bond donors (Lipinski definition) is 1. The molecule has 1 fully saturated rings. The normalized spacial score (nSPS) is 23.0. The number of ether oxygens (including phenoxy) is 1. The Hall–Kier alpha value is -2.25. The Morgan fingerprint density at radius 2 is 1.92 bits per heavy atom. The quantitative estimate of drug-likeness (QED) is 0.777. The maximum atomic E-state index is 13.2. The summed E-state index contributed by atoms with van der Waals surface area (Å²) in [6, 6.07) is 3.31. The lowest BCUT2D eigenvalue weighted by molar-refractivity contribution is -0.138. The molecule has 2 heterocycles. The fourth-order valence-corrected chi connectivity index (χ4v) is 3.35. The Bertz CT molecular complexity index is 725. The molecule has 0 bridgehead atoms. The molecule has 1 aromatic rings. The standard InChI is InChI=1S/C17H19F3N2O3/c1-16(2,3)25-15(24)22-7-10-9-5-4-6-11(17(18,19)20)13(9)14(23)21-12(10)8-22/h4-6,10,12H,7-8H2,1-3H3,(H,21,23)/t10-,12-/m1/s1. The molecule has 25 heavy (non-hydrogen) atoms. The predicted octanol–water partition coefficient (Wildman–Crippen LogP) is 3.15. The number of alkyl halides is 3. The van der Waals surface area contributed by atoms with E-state index >= 15 is 0 Å². The van der Waals surface area contributed by atoms with Crippen molar-refractivity contribution in [1.82, 2.24) is 10.2 Å². The second kappa shape index (κ2) is 5.64. The Balaban J connectivity index is 1.92. The molecule has 1 aromatic carbocycles. The lowest BCUT2D eigenvalue weighted by Gasteiger charge is -2.29. The van der Waals surface area contributed by atoms with Crippen molar-refractivity contribution >= 4 is 12.0 Å². The Kier molecular flexibility index (Phi) is 3.96. The van der Waals surface area contributed by atoms with Crippen molar-refractivity contribution in [2.75, 3.05) is 13.1 Å². The van der Waals surface area contributed by atoms with Crippen molar-refractivity contribution in [2.24, 2.45) is 0 Å². The molecule has 0 saturated carbocycles. The molecule has 8 heteroatoms. The largest absolute Gasteiger partial charge is 0.444 e. The molecule has 2 aliphatic heterocycles. The summed E-state index contributed by atoms with van der Waals surface area (Å²) in [6.07, 6.45) is -5.15.